The van der Waals surface area contributed by atoms with E-state index >= 15 is 0 Å². The van der Waals surface area contributed by atoms with E-state index in [1.165, 1.54) is 15.3 Å². The van der Waals surface area contributed by atoms with Crippen LogP contribution in [-0.2, 0) is 17.9 Å². The van der Waals surface area contributed by atoms with Crippen molar-refractivity contribution in [2.75, 3.05) is 19.7 Å². The zero-order valence-electron chi connectivity index (χ0n) is 15.3. The second kappa shape index (κ2) is 11.7. The maximum Gasteiger partial charge on any atom is 0.191 e. The number of thiophene rings is 1. The molecule has 0 spiro atoms. The van der Waals surface area contributed by atoms with Gasteiger partial charge in [-0.05, 0) is 44.4 Å². The lowest BCUT2D eigenvalue weighted by molar-refractivity contribution is 0.117. The van der Waals surface area contributed by atoms with Crippen molar-refractivity contribution in [1.82, 2.24) is 10.6 Å². The second-order valence-electron chi connectivity index (χ2n) is 5.88. The van der Waals surface area contributed by atoms with Gasteiger partial charge >= 0.3 is 0 Å². The highest BCUT2D eigenvalue weighted by Crippen LogP contribution is 2.15. The van der Waals surface area contributed by atoms with Crippen LogP contribution in [0.25, 0.3) is 0 Å². The quantitative estimate of drug-likeness (QED) is 0.381. The van der Waals surface area contributed by atoms with Gasteiger partial charge in [-0.1, -0.05) is 30.3 Å². The van der Waals surface area contributed by atoms with Crippen LogP contribution in [0.2, 0.25) is 0 Å². The summed E-state index contributed by atoms with van der Waals surface area (Å²) < 4.78 is 5.71. The lowest BCUT2D eigenvalue weighted by Crippen LogP contribution is -2.37. The van der Waals surface area contributed by atoms with Gasteiger partial charge in [-0.3, -0.25) is 0 Å². The van der Waals surface area contributed by atoms with E-state index in [1.54, 1.807) is 11.3 Å². The van der Waals surface area contributed by atoms with Gasteiger partial charge in [0.2, 0.25) is 0 Å². The van der Waals surface area contributed by atoms with Gasteiger partial charge in [-0.2, -0.15) is 0 Å². The van der Waals surface area contributed by atoms with Crippen molar-refractivity contribution in [1.29, 1.82) is 0 Å². The molecule has 0 amide bonds. The molecule has 2 rings (SSSR count). The molecule has 1 heterocycles. The van der Waals surface area contributed by atoms with E-state index in [0.29, 0.717) is 6.61 Å². The van der Waals surface area contributed by atoms with E-state index in [1.807, 2.05) is 18.2 Å². The fourth-order valence-corrected chi connectivity index (χ4v) is 3.18. The molecule has 2 aromatic rings. The molecule has 0 unspecified atom stereocenters. The van der Waals surface area contributed by atoms with Gasteiger partial charge in [0, 0.05) is 29.5 Å². The fraction of sp³-hybridized carbons (Fsp3) is 0.450. The highest BCUT2D eigenvalue weighted by Gasteiger charge is 1.99. The maximum absolute atomic E-state index is 5.71. The first-order valence-electron chi connectivity index (χ1n) is 8.97. The zero-order valence-corrected chi connectivity index (χ0v) is 16.1. The van der Waals surface area contributed by atoms with Crippen LogP contribution in [0.15, 0.2) is 47.5 Å². The lowest BCUT2D eigenvalue weighted by Gasteiger charge is -2.11. The fourth-order valence-electron chi connectivity index (χ4n) is 2.37. The molecule has 136 valence electrons. The molecule has 0 saturated carbocycles. The molecule has 1 aromatic heterocycles. The van der Waals surface area contributed by atoms with Crippen molar-refractivity contribution >= 4 is 17.3 Å². The van der Waals surface area contributed by atoms with Crippen molar-refractivity contribution in [2.45, 2.75) is 39.8 Å². The Labute approximate surface area is 155 Å². The number of nitrogens with one attached hydrogen (secondary N) is 2. The Bertz CT molecular complexity index is 625. The Kier molecular flexibility index (Phi) is 9.08. The number of aliphatic imine (C=N–C) groups is 1. The number of benzene rings is 1. The minimum Gasteiger partial charge on any atom is -0.377 e. The van der Waals surface area contributed by atoms with Crippen LogP contribution in [0, 0.1) is 6.92 Å². The van der Waals surface area contributed by atoms with Gasteiger partial charge < -0.3 is 15.4 Å². The third-order valence-electron chi connectivity index (χ3n) is 3.65. The number of nitrogens with zero attached hydrogens (tertiary/aromatic N) is 1. The van der Waals surface area contributed by atoms with Crippen molar-refractivity contribution < 1.29 is 4.74 Å². The van der Waals surface area contributed by atoms with Crippen LogP contribution in [0.5, 0.6) is 0 Å². The van der Waals surface area contributed by atoms with Crippen molar-refractivity contribution in [3.05, 3.63) is 57.8 Å². The number of hydrogen-bond donors (Lipinski definition) is 2. The molecule has 2 N–H and O–H groups in total. The Morgan fingerprint density at radius 1 is 1.08 bits per heavy atom. The summed E-state index contributed by atoms with van der Waals surface area (Å²) in [5.41, 5.74) is 1.23. The van der Waals surface area contributed by atoms with Gasteiger partial charge in [0.15, 0.2) is 5.96 Å². The van der Waals surface area contributed by atoms with Crippen LogP contribution in [0.3, 0.4) is 0 Å². The molecular weight excluding hydrogens is 330 g/mol. The van der Waals surface area contributed by atoms with E-state index in [2.05, 4.69) is 53.7 Å². The maximum atomic E-state index is 5.71. The SMILES string of the molecule is CCNC(=NCc1ccc(C)s1)NCCCCOCc1ccccc1. The molecule has 0 atom stereocenters. The monoisotopic (exact) mass is 359 g/mol. The molecule has 4 nitrogen and oxygen atoms in total. The molecular formula is C20H29N3OS. The predicted molar refractivity (Wildman–Crippen MR) is 107 cm³/mol. The topological polar surface area (TPSA) is 45.7 Å². The van der Waals surface area contributed by atoms with Gasteiger partial charge in [0.05, 0.1) is 13.2 Å². The first-order chi connectivity index (χ1) is 12.3. The van der Waals surface area contributed by atoms with Gasteiger partial charge in [0.25, 0.3) is 0 Å². The summed E-state index contributed by atoms with van der Waals surface area (Å²) in [6, 6.07) is 14.6. The van der Waals surface area contributed by atoms with E-state index in [9.17, 15) is 0 Å². The Balaban J connectivity index is 1.59. The molecule has 25 heavy (non-hydrogen) atoms. The average Bonchev–Trinajstić information content (AvgIpc) is 3.05. The lowest BCUT2D eigenvalue weighted by atomic mass is 10.2. The molecule has 0 aliphatic carbocycles. The number of rotatable bonds is 10. The van der Waals surface area contributed by atoms with Crippen LogP contribution < -0.4 is 10.6 Å². The normalized spacial score (nSPS) is 11.5. The Hall–Kier alpha value is -1.85. The molecule has 5 heteroatoms. The number of ether oxygens (including phenoxy) is 1. The smallest absolute Gasteiger partial charge is 0.191 e. The van der Waals surface area contributed by atoms with E-state index in [-0.39, 0.29) is 0 Å². The Morgan fingerprint density at radius 2 is 1.92 bits per heavy atom. The minimum atomic E-state index is 0.693. The average molecular weight is 360 g/mol. The molecule has 0 radical (unpaired) electrons. The third-order valence-corrected chi connectivity index (χ3v) is 4.64. The van der Waals surface area contributed by atoms with Crippen LogP contribution in [0.4, 0.5) is 0 Å². The van der Waals surface area contributed by atoms with Crippen LogP contribution >= 0.6 is 11.3 Å². The van der Waals surface area contributed by atoms with Crippen LogP contribution in [-0.4, -0.2) is 25.7 Å². The van der Waals surface area contributed by atoms with Gasteiger partial charge in [0.1, 0.15) is 0 Å². The summed E-state index contributed by atoms with van der Waals surface area (Å²) in [7, 11) is 0. The summed E-state index contributed by atoms with van der Waals surface area (Å²) in [5.74, 6) is 0.888. The van der Waals surface area contributed by atoms with Crippen LogP contribution in [0.1, 0.15) is 35.1 Å². The molecule has 0 aliphatic rings. The molecule has 0 saturated heterocycles. The summed E-state index contributed by atoms with van der Waals surface area (Å²) in [4.78, 5) is 7.27. The number of aryl methyl sites for hydroxylation is 1. The number of unbranched alkanes of at least 4 members (excludes halogenated alkanes) is 1. The molecule has 0 aliphatic heterocycles. The largest absolute Gasteiger partial charge is 0.377 e. The summed E-state index contributed by atoms with van der Waals surface area (Å²) in [5, 5.41) is 6.69. The van der Waals surface area contributed by atoms with Gasteiger partial charge in [-0.15, -0.1) is 11.3 Å². The Morgan fingerprint density at radius 3 is 2.64 bits per heavy atom. The van der Waals surface area contributed by atoms with Crippen molar-refractivity contribution in [3.63, 3.8) is 0 Å². The summed E-state index contributed by atoms with van der Waals surface area (Å²) in [6.07, 6.45) is 2.11. The van der Waals surface area contributed by atoms with Crippen molar-refractivity contribution in [2.24, 2.45) is 4.99 Å². The zero-order chi connectivity index (χ0) is 17.7. The summed E-state index contributed by atoms with van der Waals surface area (Å²) in [6.45, 7) is 8.20. The van der Waals surface area contributed by atoms with E-state index in [0.717, 1.165) is 45.0 Å². The third kappa shape index (κ3) is 8.18. The van der Waals surface area contributed by atoms with Crippen molar-refractivity contribution in [3.8, 4) is 0 Å². The second-order valence-corrected chi connectivity index (χ2v) is 7.25. The number of hydrogen-bond acceptors (Lipinski definition) is 3. The van der Waals surface area contributed by atoms with Gasteiger partial charge in [-0.25, -0.2) is 4.99 Å². The first kappa shape index (κ1) is 19.5. The molecule has 0 fully saturated rings. The molecule has 0 bridgehead atoms. The first-order valence-corrected chi connectivity index (χ1v) is 9.78. The number of guanidine groups is 1. The standard InChI is InChI=1S/C20H29N3OS/c1-3-21-20(23-15-19-12-11-17(2)25-19)22-13-7-8-14-24-16-18-9-5-4-6-10-18/h4-6,9-12H,3,7-8,13-16H2,1-2H3,(H2,21,22,23). The highest BCUT2D eigenvalue weighted by atomic mass is 32.1. The van der Waals surface area contributed by atoms with E-state index in [4.69, 9.17) is 4.74 Å². The van der Waals surface area contributed by atoms with E-state index < -0.39 is 0 Å². The highest BCUT2D eigenvalue weighted by molar-refractivity contribution is 7.11. The minimum absolute atomic E-state index is 0.693. The summed E-state index contributed by atoms with van der Waals surface area (Å²) >= 11 is 1.80. The molecule has 1 aromatic carbocycles. The predicted octanol–water partition coefficient (Wildman–Crippen LogP) is 4.11.